The van der Waals surface area contributed by atoms with Crippen molar-refractivity contribution < 1.29 is 8.42 Å². The van der Waals surface area contributed by atoms with Gasteiger partial charge in [0.15, 0.2) is 0 Å². The molecule has 1 atom stereocenters. The number of piperidine rings is 1. The van der Waals surface area contributed by atoms with E-state index < -0.39 is 10.0 Å². The Morgan fingerprint density at radius 3 is 2.89 bits per heavy atom. The molecule has 1 unspecified atom stereocenters. The fraction of sp³-hybridized carbons (Fsp3) is 0.636. The highest BCUT2D eigenvalue weighted by Gasteiger charge is 2.25. The van der Waals surface area contributed by atoms with Gasteiger partial charge in [-0.2, -0.15) is 4.31 Å². The Hall–Kier alpha value is -0.140. The number of nitrogens with one attached hydrogen (secondary N) is 1. The Kier molecular flexibility index (Phi) is 6.07. The number of halogens is 1. The number of nitrogens with zero attached hydrogens (tertiary/aromatic N) is 1. The molecule has 0 spiro atoms. The summed E-state index contributed by atoms with van der Waals surface area (Å²) in [5.74, 6) is 0.434. The minimum atomic E-state index is -3.27. The van der Waals surface area contributed by atoms with Crippen LogP contribution in [0.15, 0.2) is 21.7 Å². The van der Waals surface area contributed by atoms with Gasteiger partial charge in [-0.25, -0.2) is 8.42 Å². The van der Waals surface area contributed by atoms with Crippen LogP contribution in [-0.2, 0) is 10.0 Å². The number of hydrogen-bond donors (Lipinski definition) is 1. The SMILES string of the molecule is CN(CC1CCCNC1)S(=O)(=O)c1cccs1.Cl. The Morgan fingerprint density at radius 2 is 2.33 bits per heavy atom. The van der Waals surface area contributed by atoms with E-state index in [-0.39, 0.29) is 12.4 Å². The molecule has 0 saturated carbocycles. The lowest BCUT2D eigenvalue weighted by Gasteiger charge is -2.26. The number of sulfonamides is 1. The molecule has 1 aliphatic rings. The molecular formula is C11H19ClN2O2S2. The number of thiophene rings is 1. The molecule has 0 radical (unpaired) electrons. The first-order valence-corrected chi connectivity index (χ1v) is 8.13. The van der Waals surface area contributed by atoms with Crippen molar-refractivity contribution in [2.75, 3.05) is 26.7 Å². The summed E-state index contributed by atoms with van der Waals surface area (Å²) in [6, 6.07) is 3.43. The largest absolute Gasteiger partial charge is 0.316 e. The summed E-state index contributed by atoms with van der Waals surface area (Å²) in [6.07, 6.45) is 2.24. The first kappa shape index (κ1) is 15.9. The lowest BCUT2D eigenvalue weighted by molar-refractivity contribution is 0.315. The molecule has 18 heavy (non-hydrogen) atoms. The van der Waals surface area contributed by atoms with E-state index in [1.165, 1.54) is 15.6 Å². The fourth-order valence-electron chi connectivity index (χ4n) is 2.11. The van der Waals surface area contributed by atoms with Crippen LogP contribution in [0.5, 0.6) is 0 Å². The summed E-state index contributed by atoms with van der Waals surface area (Å²) < 4.78 is 26.3. The van der Waals surface area contributed by atoms with Gasteiger partial charge in [0.2, 0.25) is 0 Å². The normalized spacial score (nSPS) is 20.7. The van der Waals surface area contributed by atoms with Gasteiger partial charge in [-0.3, -0.25) is 0 Å². The fourth-order valence-corrected chi connectivity index (χ4v) is 4.55. The highest BCUT2D eigenvalue weighted by atomic mass is 35.5. The zero-order valence-electron chi connectivity index (χ0n) is 10.3. The second-order valence-electron chi connectivity index (χ2n) is 4.43. The van der Waals surface area contributed by atoms with Crippen molar-refractivity contribution in [3.63, 3.8) is 0 Å². The van der Waals surface area contributed by atoms with Crippen LogP contribution in [0.4, 0.5) is 0 Å². The van der Waals surface area contributed by atoms with Gasteiger partial charge in [0.25, 0.3) is 10.0 Å². The molecule has 104 valence electrons. The van der Waals surface area contributed by atoms with Crippen molar-refractivity contribution in [3.8, 4) is 0 Å². The third-order valence-electron chi connectivity index (χ3n) is 3.07. The van der Waals surface area contributed by atoms with Crippen LogP contribution in [0.3, 0.4) is 0 Å². The predicted octanol–water partition coefficient (Wildman–Crippen LogP) is 1.79. The molecule has 0 bridgehead atoms. The van der Waals surface area contributed by atoms with Crippen LogP contribution in [0, 0.1) is 5.92 Å². The van der Waals surface area contributed by atoms with Crippen molar-refractivity contribution in [1.29, 1.82) is 0 Å². The van der Waals surface area contributed by atoms with Gasteiger partial charge in [-0.1, -0.05) is 6.07 Å². The lowest BCUT2D eigenvalue weighted by atomic mass is 10.00. The Labute approximate surface area is 119 Å². The van der Waals surface area contributed by atoms with Crippen LogP contribution >= 0.6 is 23.7 Å². The highest BCUT2D eigenvalue weighted by molar-refractivity contribution is 7.91. The summed E-state index contributed by atoms with van der Waals surface area (Å²) in [5, 5.41) is 5.10. The molecule has 1 N–H and O–H groups in total. The standard InChI is InChI=1S/C11H18N2O2S2.ClH/c1-13(9-10-4-2-6-12-8-10)17(14,15)11-5-3-7-16-11;/h3,5,7,10,12H,2,4,6,8-9H2,1H3;1H. The molecule has 2 rings (SSSR count). The molecule has 1 aliphatic heterocycles. The molecule has 1 aromatic heterocycles. The average molecular weight is 311 g/mol. The second-order valence-corrected chi connectivity index (χ2v) is 7.65. The van der Waals surface area contributed by atoms with E-state index in [1.807, 2.05) is 0 Å². The van der Waals surface area contributed by atoms with Crippen LogP contribution in [0.1, 0.15) is 12.8 Å². The summed E-state index contributed by atoms with van der Waals surface area (Å²) in [7, 11) is -1.60. The van der Waals surface area contributed by atoms with Gasteiger partial charge in [0.1, 0.15) is 4.21 Å². The topological polar surface area (TPSA) is 49.4 Å². The molecule has 0 aliphatic carbocycles. The predicted molar refractivity (Wildman–Crippen MR) is 77.0 cm³/mol. The molecule has 4 nitrogen and oxygen atoms in total. The zero-order valence-corrected chi connectivity index (χ0v) is 12.8. The molecule has 0 aromatic carbocycles. The number of hydrogen-bond acceptors (Lipinski definition) is 4. The molecule has 2 heterocycles. The van der Waals surface area contributed by atoms with Crippen molar-refractivity contribution in [3.05, 3.63) is 17.5 Å². The first-order chi connectivity index (χ1) is 8.10. The van der Waals surface area contributed by atoms with E-state index >= 15 is 0 Å². The van der Waals surface area contributed by atoms with Gasteiger partial charge in [-0.05, 0) is 43.3 Å². The Balaban J connectivity index is 0.00000162. The highest BCUT2D eigenvalue weighted by Crippen LogP contribution is 2.21. The maximum atomic E-state index is 12.2. The van der Waals surface area contributed by atoms with Crippen molar-refractivity contribution >= 4 is 33.8 Å². The average Bonchev–Trinajstić information content (AvgIpc) is 2.84. The molecule has 1 fully saturated rings. The van der Waals surface area contributed by atoms with Crippen molar-refractivity contribution in [2.24, 2.45) is 5.92 Å². The van der Waals surface area contributed by atoms with E-state index in [4.69, 9.17) is 0 Å². The smallest absolute Gasteiger partial charge is 0.252 e. The molecule has 0 amide bonds. The zero-order chi connectivity index (χ0) is 12.3. The van der Waals surface area contributed by atoms with Crippen molar-refractivity contribution in [2.45, 2.75) is 17.1 Å². The first-order valence-electron chi connectivity index (χ1n) is 5.81. The summed E-state index contributed by atoms with van der Waals surface area (Å²) in [6.45, 7) is 2.58. The van der Waals surface area contributed by atoms with Gasteiger partial charge in [0, 0.05) is 13.6 Å². The van der Waals surface area contributed by atoms with Crippen LogP contribution in [0.25, 0.3) is 0 Å². The number of rotatable bonds is 4. The monoisotopic (exact) mass is 310 g/mol. The minimum Gasteiger partial charge on any atom is -0.316 e. The molecule has 1 saturated heterocycles. The third-order valence-corrected chi connectivity index (χ3v) is 6.27. The van der Waals surface area contributed by atoms with Crippen molar-refractivity contribution in [1.82, 2.24) is 9.62 Å². The van der Waals surface area contributed by atoms with E-state index in [0.29, 0.717) is 16.7 Å². The minimum absolute atomic E-state index is 0. The molecular weight excluding hydrogens is 292 g/mol. The summed E-state index contributed by atoms with van der Waals surface area (Å²) >= 11 is 1.27. The van der Waals surface area contributed by atoms with Crippen LogP contribution in [0.2, 0.25) is 0 Å². The van der Waals surface area contributed by atoms with E-state index in [2.05, 4.69) is 5.32 Å². The van der Waals surface area contributed by atoms with E-state index in [9.17, 15) is 8.42 Å². The van der Waals surface area contributed by atoms with Gasteiger partial charge < -0.3 is 5.32 Å². The second kappa shape index (κ2) is 6.86. The summed E-state index contributed by atoms with van der Waals surface area (Å²) in [4.78, 5) is 0. The maximum absolute atomic E-state index is 12.2. The summed E-state index contributed by atoms with van der Waals surface area (Å²) in [5.41, 5.74) is 0. The van der Waals surface area contributed by atoms with Gasteiger partial charge >= 0.3 is 0 Å². The maximum Gasteiger partial charge on any atom is 0.252 e. The molecule has 1 aromatic rings. The third kappa shape index (κ3) is 3.68. The van der Waals surface area contributed by atoms with E-state index in [0.717, 1.165) is 25.9 Å². The van der Waals surface area contributed by atoms with E-state index in [1.54, 1.807) is 24.6 Å². The quantitative estimate of drug-likeness (QED) is 0.922. The van der Waals surface area contributed by atoms with Crippen LogP contribution < -0.4 is 5.32 Å². The molecule has 7 heteroatoms. The lowest BCUT2D eigenvalue weighted by Crippen LogP contribution is -2.38. The van der Waals surface area contributed by atoms with Gasteiger partial charge in [-0.15, -0.1) is 23.7 Å². The van der Waals surface area contributed by atoms with Crippen LogP contribution in [-0.4, -0.2) is 39.4 Å². The Bertz CT molecular complexity index is 442. The Morgan fingerprint density at radius 1 is 1.56 bits per heavy atom. The van der Waals surface area contributed by atoms with Gasteiger partial charge in [0.05, 0.1) is 0 Å².